The highest BCUT2D eigenvalue weighted by Gasteiger charge is 2.39. The topological polar surface area (TPSA) is 114 Å². The quantitative estimate of drug-likeness (QED) is 0.242. The minimum absolute atomic E-state index is 0.143. The van der Waals surface area contributed by atoms with E-state index in [1.807, 2.05) is 0 Å². The van der Waals surface area contributed by atoms with Crippen LogP contribution in [0.4, 0.5) is 5.69 Å². The predicted molar refractivity (Wildman–Crippen MR) is 101 cm³/mol. The lowest BCUT2D eigenvalue weighted by atomic mass is 9.88. The molecule has 0 unspecified atom stereocenters. The van der Waals surface area contributed by atoms with E-state index in [0.29, 0.717) is 5.75 Å². The predicted octanol–water partition coefficient (Wildman–Crippen LogP) is 2.55. The van der Waals surface area contributed by atoms with Gasteiger partial charge in [-0.1, -0.05) is 24.8 Å². The summed E-state index contributed by atoms with van der Waals surface area (Å²) in [4.78, 5) is 23.3. The summed E-state index contributed by atoms with van der Waals surface area (Å²) in [5, 5.41) is 27.1. The highest BCUT2D eigenvalue weighted by Crippen LogP contribution is 2.37. The third kappa shape index (κ3) is 3.87. The summed E-state index contributed by atoms with van der Waals surface area (Å²) >= 11 is 5.11. The fourth-order valence-corrected chi connectivity index (χ4v) is 3.05. The molecule has 3 N–H and O–H groups in total. The minimum atomic E-state index is -0.982. The van der Waals surface area contributed by atoms with Crippen molar-refractivity contribution >= 4 is 29.0 Å². The summed E-state index contributed by atoms with van der Waals surface area (Å²) in [7, 11) is 0. The van der Waals surface area contributed by atoms with Crippen LogP contribution in [-0.2, 0) is 4.79 Å². The molecule has 0 saturated carbocycles. The first-order valence-electron chi connectivity index (χ1n) is 7.87. The second-order valence-electron chi connectivity index (χ2n) is 5.81. The summed E-state index contributed by atoms with van der Waals surface area (Å²) in [6, 6.07) is 11.1. The Morgan fingerprint density at radius 1 is 1.26 bits per heavy atom. The molecule has 0 aliphatic carbocycles. The Hall–Kier alpha value is -3.46. The Bertz CT molecular complexity index is 932. The van der Waals surface area contributed by atoms with Crippen LogP contribution in [0.3, 0.4) is 0 Å². The molecular weight excluding hydrogens is 370 g/mol. The lowest BCUT2D eigenvalue weighted by Gasteiger charge is -2.34. The maximum atomic E-state index is 12.8. The van der Waals surface area contributed by atoms with Crippen molar-refractivity contribution in [2.24, 2.45) is 5.92 Å². The van der Waals surface area contributed by atoms with Crippen LogP contribution in [0.25, 0.3) is 0 Å². The van der Waals surface area contributed by atoms with Crippen LogP contribution in [0.5, 0.6) is 11.5 Å². The van der Waals surface area contributed by atoms with Crippen LogP contribution in [-0.4, -0.2) is 21.1 Å². The molecular formula is C18H15N3O5S. The van der Waals surface area contributed by atoms with E-state index in [1.54, 1.807) is 30.3 Å². The van der Waals surface area contributed by atoms with E-state index in [2.05, 4.69) is 17.2 Å². The van der Waals surface area contributed by atoms with Crippen molar-refractivity contribution in [3.8, 4) is 11.5 Å². The van der Waals surface area contributed by atoms with Crippen molar-refractivity contribution in [2.75, 3.05) is 0 Å². The van der Waals surface area contributed by atoms with Crippen molar-refractivity contribution in [2.45, 2.75) is 6.04 Å². The van der Waals surface area contributed by atoms with Gasteiger partial charge in [-0.05, 0) is 30.4 Å². The van der Waals surface area contributed by atoms with Gasteiger partial charge >= 0.3 is 5.97 Å². The lowest BCUT2D eigenvalue weighted by molar-refractivity contribution is -0.385. The summed E-state index contributed by atoms with van der Waals surface area (Å²) in [5.74, 6) is -1.51. The zero-order valence-electron chi connectivity index (χ0n) is 13.9. The van der Waals surface area contributed by atoms with Gasteiger partial charge in [0.15, 0.2) is 5.11 Å². The summed E-state index contributed by atoms with van der Waals surface area (Å²) in [5.41, 5.74) is 0.176. The number of ether oxygens (including phenoxy) is 1. The molecule has 1 aliphatic rings. The van der Waals surface area contributed by atoms with Gasteiger partial charge in [0.1, 0.15) is 17.4 Å². The third-order valence-electron chi connectivity index (χ3n) is 4.04. The molecule has 1 aliphatic heterocycles. The number of carbonyl (C=O) groups is 1. The van der Waals surface area contributed by atoms with Crippen LogP contribution >= 0.6 is 12.2 Å². The standard InChI is InChI=1S/C18H15N3O5S/c1-10-15(17(23)26-12-5-3-2-4-6-12)16(20-18(27)19-10)13-9-11(21(24)25)7-8-14(13)22/h2-9,15-16,22H,1H2,(H2,19,20,27)/t15-,16-/m0/s1. The highest BCUT2D eigenvalue weighted by atomic mass is 32.1. The first-order valence-corrected chi connectivity index (χ1v) is 8.28. The molecule has 27 heavy (non-hydrogen) atoms. The zero-order chi connectivity index (χ0) is 19.6. The molecule has 0 radical (unpaired) electrons. The van der Waals surface area contributed by atoms with Gasteiger partial charge in [-0.2, -0.15) is 0 Å². The summed E-state index contributed by atoms with van der Waals surface area (Å²) < 4.78 is 5.39. The molecule has 138 valence electrons. The van der Waals surface area contributed by atoms with E-state index >= 15 is 0 Å². The Morgan fingerprint density at radius 2 is 1.96 bits per heavy atom. The van der Waals surface area contributed by atoms with Gasteiger partial charge in [0.2, 0.25) is 0 Å². The number of nitrogens with one attached hydrogen (secondary N) is 2. The first kappa shape index (κ1) is 18.3. The number of carbonyl (C=O) groups excluding carboxylic acids is 1. The van der Waals surface area contributed by atoms with E-state index < -0.39 is 22.9 Å². The Morgan fingerprint density at radius 3 is 2.63 bits per heavy atom. The number of non-ortho nitro benzene ring substituents is 1. The number of rotatable bonds is 4. The van der Waals surface area contributed by atoms with E-state index in [4.69, 9.17) is 17.0 Å². The molecule has 0 aromatic heterocycles. The number of esters is 1. The number of nitrogens with zero attached hydrogens (tertiary/aromatic N) is 1. The van der Waals surface area contributed by atoms with Gasteiger partial charge in [0.25, 0.3) is 5.69 Å². The van der Waals surface area contributed by atoms with Crippen LogP contribution in [0.15, 0.2) is 60.8 Å². The van der Waals surface area contributed by atoms with Gasteiger partial charge in [0.05, 0.1) is 11.0 Å². The van der Waals surface area contributed by atoms with Gasteiger partial charge in [-0.15, -0.1) is 0 Å². The molecule has 0 spiro atoms. The van der Waals surface area contributed by atoms with Crippen LogP contribution in [0.2, 0.25) is 0 Å². The Labute approximate surface area is 159 Å². The van der Waals surface area contributed by atoms with E-state index in [1.165, 1.54) is 18.2 Å². The van der Waals surface area contributed by atoms with E-state index in [9.17, 15) is 20.0 Å². The second-order valence-corrected chi connectivity index (χ2v) is 6.22. The van der Waals surface area contributed by atoms with E-state index in [0.717, 1.165) is 0 Å². The lowest BCUT2D eigenvalue weighted by Crippen LogP contribution is -2.51. The van der Waals surface area contributed by atoms with Crippen molar-refractivity contribution in [3.05, 3.63) is 76.5 Å². The number of nitro benzene ring substituents is 1. The fourth-order valence-electron chi connectivity index (χ4n) is 2.79. The number of para-hydroxylation sites is 1. The summed E-state index contributed by atoms with van der Waals surface area (Å²) in [6.07, 6.45) is 0. The number of aromatic hydroxyl groups is 1. The van der Waals surface area contributed by atoms with Crippen molar-refractivity contribution < 1.29 is 19.6 Å². The largest absolute Gasteiger partial charge is 0.508 e. The average molecular weight is 385 g/mol. The number of phenols is 1. The first-order chi connectivity index (χ1) is 12.9. The van der Waals surface area contributed by atoms with E-state index in [-0.39, 0.29) is 27.8 Å². The maximum absolute atomic E-state index is 12.8. The van der Waals surface area contributed by atoms with Gasteiger partial charge < -0.3 is 20.5 Å². The zero-order valence-corrected chi connectivity index (χ0v) is 14.7. The molecule has 9 heteroatoms. The number of phenolic OH excluding ortho intramolecular Hbond substituents is 1. The second kappa shape index (κ2) is 7.42. The molecule has 0 bridgehead atoms. The smallest absolute Gasteiger partial charge is 0.322 e. The molecule has 1 fully saturated rings. The fraction of sp³-hybridized carbons (Fsp3) is 0.111. The van der Waals surface area contributed by atoms with Gasteiger partial charge in [-0.25, -0.2) is 0 Å². The van der Waals surface area contributed by atoms with Crippen LogP contribution < -0.4 is 15.4 Å². The van der Waals surface area contributed by atoms with Crippen LogP contribution in [0.1, 0.15) is 11.6 Å². The normalized spacial score (nSPS) is 19.0. The molecule has 0 amide bonds. The van der Waals surface area contributed by atoms with Crippen molar-refractivity contribution in [1.29, 1.82) is 0 Å². The van der Waals surface area contributed by atoms with Crippen LogP contribution in [0, 0.1) is 16.0 Å². The molecule has 1 heterocycles. The maximum Gasteiger partial charge on any atom is 0.322 e. The SMILES string of the molecule is C=C1NC(=S)N[C@@H](c2cc([N+](=O)[O-])ccc2O)[C@H]1C(=O)Oc1ccccc1. The van der Waals surface area contributed by atoms with Crippen molar-refractivity contribution in [1.82, 2.24) is 10.6 Å². The number of thiocarbonyl (C=S) groups is 1. The number of hydrogen-bond acceptors (Lipinski definition) is 6. The molecule has 2 atom stereocenters. The third-order valence-corrected chi connectivity index (χ3v) is 4.26. The average Bonchev–Trinajstić information content (AvgIpc) is 2.62. The molecule has 2 aromatic rings. The van der Waals surface area contributed by atoms with Crippen molar-refractivity contribution in [3.63, 3.8) is 0 Å². The van der Waals surface area contributed by atoms with Gasteiger partial charge in [0, 0.05) is 23.4 Å². The highest BCUT2D eigenvalue weighted by molar-refractivity contribution is 7.80. The minimum Gasteiger partial charge on any atom is -0.508 e. The van der Waals surface area contributed by atoms with Gasteiger partial charge in [-0.3, -0.25) is 14.9 Å². The summed E-state index contributed by atoms with van der Waals surface area (Å²) in [6.45, 7) is 3.82. The molecule has 3 rings (SSSR count). The number of benzene rings is 2. The molecule has 8 nitrogen and oxygen atoms in total. The molecule has 2 aromatic carbocycles. The number of nitro groups is 1. The Balaban J connectivity index is 1.99. The molecule has 1 saturated heterocycles. The Kier molecular flexibility index (Phi) is 5.04. The number of hydrogen-bond donors (Lipinski definition) is 3. The monoisotopic (exact) mass is 385 g/mol.